The molecule has 4 heteroatoms. The minimum atomic E-state index is 0.0499. The Balaban J connectivity index is 1.64. The molecule has 3 rings (SSSR count). The number of nitrogens with zero attached hydrogens (tertiary/aromatic N) is 1. The second kappa shape index (κ2) is 7.97. The number of hydrogen-bond acceptors (Lipinski definition) is 3. The summed E-state index contributed by atoms with van der Waals surface area (Å²) in [4.78, 5) is 14.6. The minimum absolute atomic E-state index is 0.0499. The molecule has 126 valence electrons. The van der Waals surface area contributed by atoms with Crippen LogP contribution in [0.4, 0.5) is 0 Å². The third-order valence-electron chi connectivity index (χ3n) is 4.47. The van der Waals surface area contributed by atoms with E-state index >= 15 is 0 Å². The van der Waals surface area contributed by atoms with Gasteiger partial charge in [0.05, 0.1) is 0 Å². The summed E-state index contributed by atoms with van der Waals surface area (Å²) in [5.41, 5.74) is 1.79. The van der Waals surface area contributed by atoms with Crippen molar-refractivity contribution in [2.24, 2.45) is 0 Å². The summed E-state index contributed by atoms with van der Waals surface area (Å²) in [6.45, 7) is 2.41. The van der Waals surface area contributed by atoms with E-state index in [4.69, 9.17) is 4.74 Å². The standard InChI is InChI=1S/C20H24N2O2/c1-22(18-10-6-12-21-14-18)20(23)17-9-5-11-19(13-17)24-15-16-7-3-2-4-8-16/h2-5,7-9,11,13,18,21H,6,10,12,14-15H2,1H3/t18-/m0/s1. The molecule has 0 aliphatic carbocycles. The number of likely N-dealkylation sites (N-methyl/N-ethyl adjacent to an activating group) is 1. The van der Waals surface area contributed by atoms with E-state index in [9.17, 15) is 4.79 Å². The molecule has 1 heterocycles. The van der Waals surface area contributed by atoms with Gasteiger partial charge in [-0.15, -0.1) is 0 Å². The Labute approximate surface area is 143 Å². The van der Waals surface area contributed by atoms with Gasteiger partial charge in [-0.25, -0.2) is 0 Å². The Hall–Kier alpha value is -2.33. The van der Waals surface area contributed by atoms with Crippen molar-refractivity contribution in [1.82, 2.24) is 10.2 Å². The Bertz CT molecular complexity index is 666. The van der Waals surface area contributed by atoms with Crippen LogP contribution in [0.3, 0.4) is 0 Å². The first-order chi connectivity index (χ1) is 11.7. The highest BCUT2D eigenvalue weighted by atomic mass is 16.5. The lowest BCUT2D eigenvalue weighted by Crippen LogP contribution is -2.46. The van der Waals surface area contributed by atoms with Crippen molar-refractivity contribution in [2.45, 2.75) is 25.5 Å². The number of amides is 1. The molecule has 4 nitrogen and oxygen atoms in total. The van der Waals surface area contributed by atoms with Crippen LogP contribution in [0.15, 0.2) is 54.6 Å². The molecule has 1 aliphatic rings. The van der Waals surface area contributed by atoms with Gasteiger partial charge < -0.3 is 15.0 Å². The summed E-state index contributed by atoms with van der Waals surface area (Å²) >= 11 is 0. The summed E-state index contributed by atoms with van der Waals surface area (Å²) in [5, 5.41) is 3.35. The van der Waals surface area contributed by atoms with Crippen molar-refractivity contribution in [3.05, 3.63) is 65.7 Å². The fourth-order valence-electron chi connectivity index (χ4n) is 2.99. The van der Waals surface area contributed by atoms with E-state index in [1.54, 1.807) is 0 Å². The van der Waals surface area contributed by atoms with Crippen LogP contribution in [0.1, 0.15) is 28.8 Å². The summed E-state index contributed by atoms with van der Waals surface area (Å²) in [6, 6.07) is 17.7. The first-order valence-corrected chi connectivity index (χ1v) is 8.49. The third-order valence-corrected chi connectivity index (χ3v) is 4.47. The number of carbonyl (C=O) groups excluding carboxylic acids is 1. The van der Waals surface area contributed by atoms with Crippen LogP contribution in [0, 0.1) is 0 Å². The fraction of sp³-hybridized carbons (Fsp3) is 0.350. The van der Waals surface area contributed by atoms with E-state index in [-0.39, 0.29) is 11.9 Å². The van der Waals surface area contributed by atoms with Gasteiger partial charge in [0.25, 0.3) is 5.91 Å². The molecular weight excluding hydrogens is 300 g/mol. The highest BCUT2D eigenvalue weighted by molar-refractivity contribution is 5.94. The third kappa shape index (κ3) is 4.15. The summed E-state index contributed by atoms with van der Waals surface area (Å²) in [6.07, 6.45) is 2.17. The van der Waals surface area contributed by atoms with Crippen molar-refractivity contribution < 1.29 is 9.53 Å². The summed E-state index contributed by atoms with van der Waals surface area (Å²) in [7, 11) is 1.89. The molecule has 1 fully saturated rings. The van der Waals surface area contributed by atoms with E-state index < -0.39 is 0 Å². The van der Waals surface area contributed by atoms with E-state index in [2.05, 4.69) is 5.32 Å². The van der Waals surface area contributed by atoms with Crippen molar-refractivity contribution in [3.63, 3.8) is 0 Å². The van der Waals surface area contributed by atoms with Gasteiger partial charge >= 0.3 is 0 Å². The smallest absolute Gasteiger partial charge is 0.254 e. The van der Waals surface area contributed by atoms with Gasteiger partial charge in [0.2, 0.25) is 0 Å². The maximum Gasteiger partial charge on any atom is 0.254 e. The van der Waals surface area contributed by atoms with Gasteiger partial charge in [-0.1, -0.05) is 36.4 Å². The molecular formula is C20H24N2O2. The lowest BCUT2D eigenvalue weighted by atomic mass is 10.1. The summed E-state index contributed by atoms with van der Waals surface area (Å²) < 4.78 is 5.83. The van der Waals surface area contributed by atoms with Crippen LogP contribution in [0.5, 0.6) is 5.75 Å². The zero-order valence-corrected chi connectivity index (χ0v) is 14.1. The molecule has 1 amide bonds. The van der Waals surface area contributed by atoms with Gasteiger partial charge in [-0.2, -0.15) is 0 Å². The van der Waals surface area contributed by atoms with Crippen molar-refractivity contribution in [2.75, 3.05) is 20.1 Å². The van der Waals surface area contributed by atoms with E-state index in [1.165, 1.54) is 0 Å². The van der Waals surface area contributed by atoms with Crippen molar-refractivity contribution in [3.8, 4) is 5.75 Å². The normalized spacial score (nSPS) is 17.3. The maximum atomic E-state index is 12.7. The van der Waals surface area contributed by atoms with Crippen LogP contribution in [-0.2, 0) is 6.61 Å². The van der Waals surface area contributed by atoms with Crippen molar-refractivity contribution in [1.29, 1.82) is 0 Å². The van der Waals surface area contributed by atoms with E-state index in [1.807, 2.05) is 66.5 Å². The average Bonchev–Trinajstić information content (AvgIpc) is 2.67. The number of rotatable bonds is 5. The average molecular weight is 324 g/mol. The zero-order valence-electron chi connectivity index (χ0n) is 14.1. The molecule has 0 unspecified atom stereocenters. The number of piperidine rings is 1. The van der Waals surface area contributed by atoms with Crippen LogP contribution in [0.2, 0.25) is 0 Å². The molecule has 1 N–H and O–H groups in total. The predicted molar refractivity (Wildman–Crippen MR) is 95.2 cm³/mol. The second-order valence-electron chi connectivity index (χ2n) is 6.22. The molecule has 0 saturated carbocycles. The lowest BCUT2D eigenvalue weighted by molar-refractivity contribution is 0.0708. The topological polar surface area (TPSA) is 41.6 Å². The Kier molecular flexibility index (Phi) is 5.49. The fourth-order valence-corrected chi connectivity index (χ4v) is 2.99. The molecule has 0 bridgehead atoms. The number of nitrogens with one attached hydrogen (secondary N) is 1. The quantitative estimate of drug-likeness (QED) is 0.919. The SMILES string of the molecule is CN(C(=O)c1cccc(OCc2ccccc2)c1)[C@H]1CCCNC1. The van der Waals surface area contributed by atoms with Gasteiger partial charge in [-0.05, 0) is 43.1 Å². The van der Waals surface area contributed by atoms with Crippen LogP contribution in [-0.4, -0.2) is 37.0 Å². The Morgan fingerprint density at radius 1 is 1.21 bits per heavy atom. The van der Waals surface area contributed by atoms with Crippen LogP contribution >= 0.6 is 0 Å². The second-order valence-corrected chi connectivity index (χ2v) is 6.22. The highest BCUT2D eigenvalue weighted by Crippen LogP contribution is 2.18. The molecule has 1 atom stereocenters. The Morgan fingerprint density at radius 2 is 2.04 bits per heavy atom. The number of hydrogen-bond donors (Lipinski definition) is 1. The van der Waals surface area contributed by atoms with Gasteiger partial charge in [0, 0.05) is 25.2 Å². The molecule has 2 aromatic carbocycles. The molecule has 1 aliphatic heterocycles. The number of ether oxygens (including phenoxy) is 1. The molecule has 0 radical (unpaired) electrons. The maximum absolute atomic E-state index is 12.7. The summed E-state index contributed by atoms with van der Waals surface area (Å²) in [5.74, 6) is 0.772. The predicted octanol–water partition coefficient (Wildman–Crippen LogP) is 3.09. The van der Waals surface area contributed by atoms with Gasteiger partial charge in [-0.3, -0.25) is 4.79 Å². The van der Waals surface area contributed by atoms with Crippen LogP contribution < -0.4 is 10.1 Å². The number of benzene rings is 2. The molecule has 24 heavy (non-hydrogen) atoms. The van der Waals surface area contributed by atoms with Gasteiger partial charge in [0.1, 0.15) is 12.4 Å². The van der Waals surface area contributed by atoms with Crippen LogP contribution in [0.25, 0.3) is 0 Å². The van der Waals surface area contributed by atoms with Crippen molar-refractivity contribution >= 4 is 5.91 Å². The molecule has 0 aromatic heterocycles. The molecule has 2 aromatic rings. The van der Waals surface area contributed by atoms with E-state index in [0.717, 1.165) is 37.2 Å². The first kappa shape index (κ1) is 16.5. The number of carbonyl (C=O) groups is 1. The molecule has 0 spiro atoms. The van der Waals surface area contributed by atoms with E-state index in [0.29, 0.717) is 12.2 Å². The van der Waals surface area contributed by atoms with Gasteiger partial charge in [0.15, 0.2) is 0 Å². The Morgan fingerprint density at radius 3 is 2.79 bits per heavy atom. The zero-order chi connectivity index (χ0) is 16.8. The first-order valence-electron chi connectivity index (χ1n) is 8.49. The minimum Gasteiger partial charge on any atom is -0.489 e. The monoisotopic (exact) mass is 324 g/mol. The largest absolute Gasteiger partial charge is 0.489 e. The highest BCUT2D eigenvalue weighted by Gasteiger charge is 2.23. The lowest BCUT2D eigenvalue weighted by Gasteiger charge is -2.31. The molecule has 1 saturated heterocycles.